The van der Waals surface area contributed by atoms with Gasteiger partial charge in [0.25, 0.3) is 0 Å². The van der Waals surface area contributed by atoms with Crippen molar-refractivity contribution < 1.29 is 14.4 Å². The van der Waals surface area contributed by atoms with Gasteiger partial charge in [-0.05, 0) is 18.2 Å². The second-order valence-electron chi connectivity index (χ2n) is 3.52. The lowest BCUT2D eigenvalue weighted by atomic mass is 10.2. The zero-order chi connectivity index (χ0) is 13.0. The Morgan fingerprint density at radius 3 is 3.00 bits per heavy atom. The molecule has 0 radical (unpaired) electrons. The lowest BCUT2D eigenvalue weighted by Gasteiger charge is -2.08. The highest BCUT2D eigenvalue weighted by Crippen LogP contribution is 2.21. The molecule has 0 fully saturated rings. The molecular formula is C11H10BrN3O3. The predicted octanol–water partition coefficient (Wildman–Crippen LogP) is 2.18. The van der Waals surface area contributed by atoms with E-state index in [-0.39, 0.29) is 5.56 Å². The molecule has 2 rings (SSSR count). The SMILES string of the molecule is O=C(O)c1ccc(Br)cc1NCCc1ncon1. The summed E-state index contributed by atoms with van der Waals surface area (Å²) in [4.78, 5) is 14.9. The molecule has 94 valence electrons. The van der Waals surface area contributed by atoms with Gasteiger partial charge in [0.05, 0.1) is 5.56 Å². The van der Waals surface area contributed by atoms with E-state index in [4.69, 9.17) is 5.11 Å². The number of aromatic carboxylic acids is 1. The van der Waals surface area contributed by atoms with Gasteiger partial charge in [0.2, 0.25) is 6.39 Å². The average molecular weight is 312 g/mol. The molecule has 1 heterocycles. The Hall–Kier alpha value is -1.89. The van der Waals surface area contributed by atoms with Crippen LogP contribution in [0.1, 0.15) is 16.2 Å². The first kappa shape index (κ1) is 12.6. The van der Waals surface area contributed by atoms with Crippen molar-refractivity contribution in [1.82, 2.24) is 10.1 Å². The summed E-state index contributed by atoms with van der Waals surface area (Å²) in [5, 5.41) is 15.8. The molecule has 0 bridgehead atoms. The highest BCUT2D eigenvalue weighted by molar-refractivity contribution is 9.10. The van der Waals surface area contributed by atoms with Crippen LogP contribution < -0.4 is 5.32 Å². The van der Waals surface area contributed by atoms with E-state index in [0.717, 1.165) is 4.47 Å². The molecule has 0 aliphatic carbocycles. The van der Waals surface area contributed by atoms with E-state index in [9.17, 15) is 4.79 Å². The number of halogens is 1. The molecule has 1 aromatic heterocycles. The van der Waals surface area contributed by atoms with Crippen LogP contribution in [0.4, 0.5) is 5.69 Å². The van der Waals surface area contributed by atoms with Crippen molar-refractivity contribution in [3.05, 3.63) is 40.5 Å². The number of aromatic nitrogens is 2. The minimum Gasteiger partial charge on any atom is -0.478 e. The summed E-state index contributed by atoms with van der Waals surface area (Å²) in [7, 11) is 0. The summed E-state index contributed by atoms with van der Waals surface area (Å²) in [6.07, 6.45) is 1.82. The number of carboxylic acids is 1. The fourth-order valence-electron chi connectivity index (χ4n) is 1.46. The van der Waals surface area contributed by atoms with Crippen molar-refractivity contribution in [3.8, 4) is 0 Å². The molecule has 0 spiro atoms. The van der Waals surface area contributed by atoms with Gasteiger partial charge in [-0.25, -0.2) is 4.79 Å². The van der Waals surface area contributed by atoms with Crippen molar-refractivity contribution in [2.24, 2.45) is 0 Å². The first-order chi connectivity index (χ1) is 8.66. The van der Waals surface area contributed by atoms with Crippen LogP contribution in [-0.2, 0) is 6.42 Å². The second kappa shape index (κ2) is 5.63. The molecule has 6 nitrogen and oxygen atoms in total. The lowest BCUT2D eigenvalue weighted by molar-refractivity contribution is 0.0698. The zero-order valence-corrected chi connectivity index (χ0v) is 10.8. The Labute approximate surface area is 111 Å². The number of carboxylic acid groups (broad SMARTS) is 1. The van der Waals surface area contributed by atoms with Crippen LogP contribution in [0.15, 0.2) is 33.6 Å². The number of nitrogens with one attached hydrogen (secondary N) is 1. The molecule has 0 amide bonds. The van der Waals surface area contributed by atoms with E-state index in [0.29, 0.717) is 24.5 Å². The summed E-state index contributed by atoms with van der Waals surface area (Å²) in [6, 6.07) is 4.95. The second-order valence-corrected chi connectivity index (χ2v) is 4.43. The molecule has 0 aliphatic rings. The fourth-order valence-corrected chi connectivity index (χ4v) is 1.82. The van der Waals surface area contributed by atoms with Crippen LogP contribution in [0, 0.1) is 0 Å². The third kappa shape index (κ3) is 3.07. The predicted molar refractivity (Wildman–Crippen MR) is 67.6 cm³/mol. The third-order valence-electron chi connectivity index (χ3n) is 2.28. The minimum absolute atomic E-state index is 0.228. The van der Waals surface area contributed by atoms with Gasteiger partial charge in [0, 0.05) is 23.1 Å². The zero-order valence-electron chi connectivity index (χ0n) is 9.26. The van der Waals surface area contributed by atoms with Crippen molar-refractivity contribution in [2.45, 2.75) is 6.42 Å². The molecule has 0 saturated carbocycles. The number of nitrogens with zero attached hydrogens (tertiary/aromatic N) is 2. The maximum absolute atomic E-state index is 11.0. The van der Waals surface area contributed by atoms with Crippen molar-refractivity contribution in [2.75, 3.05) is 11.9 Å². The van der Waals surface area contributed by atoms with Crippen molar-refractivity contribution in [3.63, 3.8) is 0 Å². The Bertz CT molecular complexity index is 542. The van der Waals surface area contributed by atoms with E-state index in [1.54, 1.807) is 18.2 Å². The van der Waals surface area contributed by atoms with Crippen LogP contribution in [0.5, 0.6) is 0 Å². The maximum Gasteiger partial charge on any atom is 0.337 e. The molecule has 0 atom stereocenters. The highest BCUT2D eigenvalue weighted by atomic mass is 79.9. The first-order valence-electron chi connectivity index (χ1n) is 5.19. The van der Waals surface area contributed by atoms with Gasteiger partial charge in [-0.3, -0.25) is 0 Å². The molecular weight excluding hydrogens is 302 g/mol. The minimum atomic E-state index is -0.968. The van der Waals surface area contributed by atoms with Crippen molar-refractivity contribution in [1.29, 1.82) is 0 Å². The van der Waals surface area contributed by atoms with Gasteiger partial charge in [0.1, 0.15) is 0 Å². The topological polar surface area (TPSA) is 88.2 Å². The number of carbonyl (C=O) groups is 1. The molecule has 1 aromatic carbocycles. The summed E-state index contributed by atoms with van der Waals surface area (Å²) in [6.45, 7) is 0.524. The summed E-state index contributed by atoms with van der Waals surface area (Å²) in [5.74, 6) is -0.390. The Morgan fingerprint density at radius 1 is 1.50 bits per heavy atom. The largest absolute Gasteiger partial charge is 0.478 e. The molecule has 0 unspecified atom stereocenters. The van der Waals surface area contributed by atoms with Crippen LogP contribution in [-0.4, -0.2) is 27.8 Å². The highest BCUT2D eigenvalue weighted by Gasteiger charge is 2.10. The standard InChI is InChI=1S/C11H10BrN3O3/c12-7-1-2-8(11(16)17)9(5-7)13-4-3-10-14-6-18-15-10/h1-2,5-6,13H,3-4H2,(H,16,17). The van der Waals surface area contributed by atoms with Crippen LogP contribution in [0.3, 0.4) is 0 Å². The molecule has 0 aliphatic heterocycles. The third-order valence-corrected chi connectivity index (χ3v) is 2.78. The van der Waals surface area contributed by atoms with Crippen LogP contribution >= 0.6 is 15.9 Å². The summed E-state index contributed by atoms with van der Waals surface area (Å²) in [5.41, 5.74) is 0.784. The smallest absolute Gasteiger partial charge is 0.337 e. The molecule has 7 heteroatoms. The molecule has 2 N–H and O–H groups in total. The lowest BCUT2D eigenvalue weighted by Crippen LogP contribution is -2.10. The van der Waals surface area contributed by atoms with Gasteiger partial charge in [0.15, 0.2) is 5.82 Å². The van der Waals surface area contributed by atoms with Crippen LogP contribution in [0.25, 0.3) is 0 Å². The van der Waals surface area contributed by atoms with Gasteiger partial charge < -0.3 is 14.9 Å². The number of anilines is 1. The molecule has 2 aromatic rings. The fraction of sp³-hybridized carbons (Fsp3) is 0.182. The maximum atomic E-state index is 11.0. The van der Waals surface area contributed by atoms with Crippen LogP contribution in [0.2, 0.25) is 0 Å². The summed E-state index contributed by atoms with van der Waals surface area (Å²) < 4.78 is 5.42. The van der Waals surface area contributed by atoms with Gasteiger partial charge in [-0.2, -0.15) is 4.98 Å². The molecule has 18 heavy (non-hydrogen) atoms. The van der Waals surface area contributed by atoms with Gasteiger partial charge in [-0.15, -0.1) is 0 Å². The van der Waals surface area contributed by atoms with E-state index < -0.39 is 5.97 Å². The summed E-state index contributed by atoms with van der Waals surface area (Å²) >= 11 is 3.30. The monoisotopic (exact) mass is 311 g/mol. The Kier molecular flexibility index (Phi) is 3.93. The van der Waals surface area contributed by atoms with E-state index in [2.05, 4.69) is 35.9 Å². The first-order valence-corrected chi connectivity index (χ1v) is 5.98. The van der Waals surface area contributed by atoms with E-state index in [1.807, 2.05) is 0 Å². The average Bonchev–Trinajstić information content (AvgIpc) is 2.82. The van der Waals surface area contributed by atoms with E-state index >= 15 is 0 Å². The Balaban J connectivity index is 2.03. The normalized spacial score (nSPS) is 10.3. The number of rotatable bonds is 5. The van der Waals surface area contributed by atoms with Gasteiger partial charge in [-0.1, -0.05) is 21.1 Å². The number of benzene rings is 1. The quantitative estimate of drug-likeness (QED) is 0.880. The van der Waals surface area contributed by atoms with Crippen molar-refractivity contribution >= 4 is 27.6 Å². The van der Waals surface area contributed by atoms with Gasteiger partial charge >= 0.3 is 5.97 Å². The number of hydrogen-bond donors (Lipinski definition) is 2. The molecule has 0 saturated heterocycles. The number of hydrogen-bond acceptors (Lipinski definition) is 5. The Morgan fingerprint density at radius 2 is 2.33 bits per heavy atom. The van der Waals surface area contributed by atoms with E-state index in [1.165, 1.54) is 6.39 Å².